The lowest BCUT2D eigenvalue weighted by atomic mass is 10.2. The van der Waals surface area contributed by atoms with E-state index in [0.717, 1.165) is 6.42 Å². The molecule has 0 bridgehead atoms. The van der Waals surface area contributed by atoms with Gasteiger partial charge in [-0.15, -0.1) is 0 Å². The molecule has 0 radical (unpaired) electrons. The Labute approximate surface area is 76.6 Å². The van der Waals surface area contributed by atoms with Crippen molar-refractivity contribution in [3.8, 4) is 0 Å². The number of nitrogens with two attached hydrogens (primary N) is 1. The molecule has 0 aliphatic carbocycles. The van der Waals surface area contributed by atoms with Gasteiger partial charge in [-0.2, -0.15) is 5.48 Å². The molecule has 3 N–H and O–H groups in total. The van der Waals surface area contributed by atoms with Crippen LogP contribution in [0.4, 0.5) is 4.79 Å². The maximum absolute atomic E-state index is 10.1. The SMILES string of the molecule is NC(=O)ONCCc1ccccc1. The van der Waals surface area contributed by atoms with Gasteiger partial charge in [0.25, 0.3) is 0 Å². The predicted molar refractivity (Wildman–Crippen MR) is 48.8 cm³/mol. The lowest BCUT2D eigenvalue weighted by molar-refractivity contribution is 0.0993. The summed E-state index contributed by atoms with van der Waals surface area (Å²) in [6.45, 7) is 0.562. The Morgan fingerprint density at radius 3 is 2.69 bits per heavy atom. The minimum absolute atomic E-state index is 0.562. The molecule has 1 rings (SSSR count). The summed E-state index contributed by atoms with van der Waals surface area (Å²) in [6, 6.07) is 9.89. The molecule has 4 heteroatoms. The molecular weight excluding hydrogens is 168 g/mol. The van der Waals surface area contributed by atoms with Crippen LogP contribution < -0.4 is 11.2 Å². The molecule has 0 atom stereocenters. The first-order chi connectivity index (χ1) is 6.29. The zero-order valence-electron chi connectivity index (χ0n) is 7.19. The number of hydrogen-bond donors (Lipinski definition) is 2. The first-order valence-electron chi connectivity index (χ1n) is 4.02. The summed E-state index contributed by atoms with van der Waals surface area (Å²) >= 11 is 0. The van der Waals surface area contributed by atoms with Gasteiger partial charge >= 0.3 is 6.09 Å². The van der Waals surface area contributed by atoms with E-state index in [1.54, 1.807) is 0 Å². The fourth-order valence-corrected chi connectivity index (χ4v) is 0.962. The van der Waals surface area contributed by atoms with Crippen molar-refractivity contribution in [3.05, 3.63) is 35.9 Å². The van der Waals surface area contributed by atoms with Crippen LogP contribution in [0.3, 0.4) is 0 Å². The van der Waals surface area contributed by atoms with Gasteiger partial charge in [0, 0.05) is 6.54 Å². The summed E-state index contributed by atoms with van der Waals surface area (Å²) in [4.78, 5) is 14.5. The van der Waals surface area contributed by atoms with Crippen molar-refractivity contribution >= 4 is 6.09 Å². The second-order valence-corrected chi connectivity index (χ2v) is 2.55. The molecule has 0 aliphatic heterocycles. The van der Waals surface area contributed by atoms with Crippen molar-refractivity contribution in [2.24, 2.45) is 5.73 Å². The molecule has 0 fully saturated rings. The van der Waals surface area contributed by atoms with Crippen molar-refractivity contribution in [1.29, 1.82) is 0 Å². The van der Waals surface area contributed by atoms with E-state index in [9.17, 15) is 4.79 Å². The van der Waals surface area contributed by atoms with E-state index in [1.807, 2.05) is 30.3 Å². The summed E-state index contributed by atoms with van der Waals surface area (Å²) in [5, 5.41) is 0. The number of carbonyl (C=O) groups excluding carboxylic acids is 1. The second kappa shape index (κ2) is 5.16. The van der Waals surface area contributed by atoms with E-state index in [4.69, 9.17) is 5.73 Å². The number of nitrogens with one attached hydrogen (secondary N) is 1. The molecule has 0 saturated heterocycles. The van der Waals surface area contributed by atoms with Gasteiger partial charge in [-0.3, -0.25) is 0 Å². The molecular formula is C9H12N2O2. The Balaban J connectivity index is 2.17. The lowest BCUT2D eigenvalue weighted by Gasteiger charge is -2.02. The molecule has 0 heterocycles. The molecule has 13 heavy (non-hydrogen) atoms. The molecule has 0 aromatic heterocycles. The van der Waals surface area contributed by atoms with Gasteiger partial charge in [-0.25, -0.2) is 4.79 Å². The van der Waals surface area contributed by atoms with Crippen LogP contribution in [0, 0.1) is 0 Å². The minimum atomic E-state index is -0.812. The average Bonchev–Trinajstić information content (AvgIpc) is 2.14. The Kier molecular flexibility index (Phi) is 3.78. The summed E-state index contributed by atoms with van der Waals surface area (Å²) in [5.74, 6) is 0. The fraction of sp³-hybridized carbons (Fsp3) is 0.222. The maximum Gasteiger partial charge on any atom is 0.423 e. The topological polar surface area (TPSA) is 64.4 Å². The summed E-state index contributed by atoms with van der Waals surface area (Å²) in [5.41, 5.74) is 8.39. The molecule has 0 aliphatic rings. The van der Waals surface area contributed by atoms with Crippen molar-refractivity contribution in [3.63, 3.8) is 0 Å². The zero-order chi connectivity index (χ0) is 9.52. The number of amides is 1. The van der Waals surface area contributed by atoms with Gasteiger partial charge in [0.2, 0.25) is 0 Å². The molecule has 0 spiro atoms. The largest absolute Gasteiger partial charge is 0.423 e. The lowest BCUT2D eigenvalue weighted by Crippen LogP contribution is -2.26. The van der Waals surface area contributed by atoms with Gasteiger partial charge in [-0.05, 0) is 12.0 Å². The highest BCUT2D eigenvalue weighted by Crippen LogP contribution is 1.97. The van der Waals surface area contributed by atoms with E-state index in [1.165, 1.54) is 5.56 Å². The maximum atomic E-state index is 10.1. The Morgan fingerprint density at radius 2 is 2.08 bits per heavy atom. The van der Waals surface area contributed by atoms with Crippen molar-refractivity contribution in [1.82, 2.24) is 5.48 Å². The second-order valence-electron chi connectivity index (χ2n) is 2.55. The van der Waals surface area contributed by atoms with E-state index in [0.29, 0.717) is 6.54 Å². The van der Waals surface area contributed by atoms with Crippen LogP contribution in [0.2, 0.25) is 0 Å². The third-order valence-corrected chi connectivity index (χ3v) is 1.53. The first-order valence-corrected chi connectivity index (χ1v) is 4.02. The summed E-state index contributed by atoms with van der Waals surface area (Å²) in [6.07, 6.45) is -0.0123. The molecule has 4 nitrogen and oxygen atoms in total. The number of rotatable bonds is 4. The molecule has 0 saturated carbocycles. The third kappa shape index (κ3) is 4.12. The minimum Gasteiger partial charge on any atom is -0.354 e. The quantitative estimate of drug-likeness (QED) is 0.532. The highest BCUT2D eigenvalue weighted by molar-refractivity contribution is 5.64. The molecule has 0 unspecified atom stereocenters. The molecule has 1 aromatic carbocycles. The summed E-state index contributed by atoms with van der Waals surface area (Å²) in [7, 11) is 0. The van der Waals surface area contributed by atoms with E-state index >= 15 is 0 Å². The highest BCUT2D eigenvalue weighted by Gasteiger charge is 1.93. The molecule has 1 amide bonds. The number of carbonyl (C=O) groups is 1. The number of hydrogen-bond acceptors (Lipinski definition) is 3. The van der Waals surface area contributed by atoms with Crippen LogP contribution >= 0.6 is 0 Å². The predicted octanol–water partition coefficient (Wildman–Crippen LogP) is 0.829. The van der Waals surface area contributed by atoms with Crippen LogP contribution in [0.5, 0.6) is 0 Å². The van der Waals surface area contributed by atoms with Crippen molar-refractivity contribution in [2.75, 3.05) is 6.54 Å². The van der Waals surface area contributed by atoms with Crippen LogP contribution in [0.1, 0.15) is 5.56 Å². The number of benzene rings is 1. The van der Waals surface area contributed by atoms with E-state index < -0.39 is 6.09 Å². The smallest absolute Gasteiger partial charge is 0.354 e. The monoisotopic (exact) mass is 180 g/mol. The highest BCUT2D eigenvalue weighted by atomic mass is 16.7. The van der Waals surface area contributed by atoms with Gasteiger partial charge in [0.05, 0.1) is 0 Å². The molecule has 70 valence electrons. The van der Waals surface area contributed by atoms with Crippen LogP contribution in [0.25, 0.3) is 0 Å². The van der Waals surface area contributed by atoms with Crippen LogP contribution in [-0.4, -0.2) is 12.6 Å². The third-order valence-electron chi connectivity index (χ3n) is 1.53. The van der Waals surface area contributed by atoms with Crippen LogP contribution in [-0.2, 0) is 11.3 Å². The van der Waals surface area contributed by atoms with Gasteiger partial charge in [0.1, 0.15) is 0 Å². The standard InChI is InChI=1S/C9H12N2O2/c10-9(12)13-11-7-6-8-4-2-1-3-5-8/h1-5,11H,6-7H2,(H2,10,12). The van der Waals surface area contributed by atoms with Crippen LogP contribution in [0.15, 0.2) is 30.3 Å². The van der Waals surface area contributed by atoms with E-state index in [2.05, 4.69) is 10.3 Å². The summed E-state index contributed by atoms with van der Waals surface area (Å²) < 4.78 is 0. The Bertz CT molecular complexity index is 262. The van der Waals surface area contributed by atoms with E-state index in [-0.39, 0.29) is 0 Å². The van der Waals surface area contributed by atoms with Gasteiger partial charge in [-0.1, -0.05) is 30.3 Å². The zero-order valence-corrected chi connectivity index (χ0v) is 7.19. The number of hydroxylamine groups is 1. The van der Waals surface area contributed by atoms with Crippen molar-refractivity contribution < 1.29 is 9.63 Å². The normalized spacial score (nSPS) is 9.54. The first kappa shape index (κ1) is 9.54. The molecule has 1 aromatic rings. The van der Waals surface area contributed by atoms with Crippen molar-refractivity contribution in [2.45, 2.75) is 6.42 Å². The number of primary amides is 1. The van der Waals surface area contributed by atoms with Gasteiger partial charge in [0.15, 0.2) is 0 Å². The average molecular weight is 180 g/mol. The Hall–Kier alpha value is -1.55. The Morgan fingerprint density at radius 1 is 1.38 bits per heavy atom. The fourth-order valence-electron chi connectivity index (χ4n) is 0.962. The van der Waals surface area contributed by atoms with Gasteiger partial charge < -0.3 is 10.6 Å².